The summed E-state index contributed by atoms with van der Waals surface area (Å²) in [6, 6.07) is 0. The summed E-state index contributed by atoms with van der Waals surface area (Å²) in [5.41, 5.74) is 3.21. The van der Waals surface area contributed by atoms with Gasteiger partial charge in [0.1, 0.15) is 0 Å². The van der Waals surface area contributed by atoms with Crippen molar-refractivity contribution in [2.75, 3.05) is 19.8 Å². The number of hydrogen-bond donors (Lipinski definition) is 0. The summed E-state index contributed by atoms with van der Waals surface area (Å²) in [5.74, 6) is 0. The quantitative estimate of drug-likeness (QED) is 0.522. The van der Waals surface area contributed by atoms with E-state index >= 15 is 0 Å². The van der Waals surface area contributed by atoms with Crippen molar-refractivity contribution in [3.63, 3.8) is 0 Å². The minimum atomic E-state index is -2.81. The fourth-order valence-electron chi connectivity index (χ4n) is 1.82. The van der Waals surface area contributed by atoms with E-state index in [1.54, 1.807) is 0 Å². The van der Waals surface area contributed by atoms with E-state index in [1.807, 2.05) is 33.8 Å². The Kier molecular flexibility index (Phi) is 7.75. The Morgan fingerprint density at radius 1 is 1.00 bits per heavy atom. The molecule has 0 amide bonds. The van der Waals surface area contributed by atoms with Crippen LogP contribution in [0.4, 0.5) is 0 Å². The largest absolute Gasteiger partial charge is 0.541 e. The Hall–Kier alpha value is -0.383. The third-order valence-electron chi connectivity index (χ3n) is 2.35. The Labute approximate surface area is 113 Å². The van der Waals surface area contributed by atoms with Crippen LogP contribution in [-0.4, -0.2) is 28.6 Å². The zero-order chi connectivity index (χ0) is 14.2. The van der Waals surface area contributed by atoms with Gasteiger partial charge in [0.2, 0.25) is 0 Å². The van der Waals surface area contributed by atoms with Crippen LogP contribution < -0.4 is 0 Å². The summed E-state index contributed by atoms with van der Waals surface area (Å²) in [5, 5.41) is 1.02. The van der Waals surface area contributed by atoms with Gasteiger partial charge in [-0.1, -0.05) is 20.8 Å². The molecular formula is C14H28O3Si. The predicted octanol–water partition coefficient (Wildman–Crippen LogP) is 3.72. The SMILES string of the molecule is CC=C=C(C(C)(C)C)[Si](OCC)(OCC)OCC. The van der Waals surface area contributed by atoms with Gasteiger partial charge in [0.15, 0.2) is 0 Å². The maximum atomic E-state index is 5.93. The Morgan fingerprint density at radius 2 is 1.39 bits per heavy atom. The summed E-state index contributed by atoms with van der Waals surface area (Å²) in [7, 11) is -2.81. The lowest BCUT2D eigenvalue weighted by Crippen LogP contribution is -2.51. The van der Waals surface area contributed by atoms with Gasteiger partial charge in [-0.25, -0.2) is 0 Å². The van der Waals surface area contributed by atoms with Crippen LogP contribution in [0.1, 0.15) is 48.5 Å². The minimum absolute atomic E-state index is 0.0851. The first-order valence-corrected chi connectivity index (χ1v) is 8.44. The molecule has 0 saturated carbocycles. The van der Waals surface area contributed by atoms with E-state index in [2.05, 4.69) is 26.5 Å². The van der Waals surface area contributed by atoms with Gasteiger partial charge in [0.25, 0.3) is 0 Å². The lowest BCUT2D eigenvalue weighted by Gasteiger charge is -2.35. The molecule has 18 heavy (non-hydrogen) atoms. The molecule has 0 atom stereocenters. The number of allylic oxidation sites excluding steroid dienone is 1. The van der Waals surface area contributed by atoms with Gasteiger partial charge < -0.3 is 13.3 Å². The molecule has 0 aromatic heterocycles. The first-order chi connectivity index (χ1) is 8.37. The third-order valence-corrected chi connectivity index (χ3v) is 5.86. The molecule has 0 aliphatic rings. The molecule has 0 rings (SSSR count). The van der Waals surface area contributed by atoms with Crippen molar-refractivity contribution in [2.45, 2.75) is 48.5 Å². The van der Waals surface area contributed by atoms with Gasteiger partial charge in [0, 0.05) is 25.0 Å². The average molecular weight is 272 g/mol. The van der Waals surface area contributed by atoms with Crippen molar-refractivity contribution < 1.29 is 13.3 Å². The Bertz CT molecular complexity index is 282. The molecule has 4 heteroatoms. The first-order valence-electron chi connectivity index (χ1n) is 6.72. The van der Waals surface area contributed by atoms with Crippen molar-refractivity contribution in [3.8, 4) is 0 Å². The molecule has 3 nitrogen and oxygen atoms in total. The lowest BCUT2D eigenvalue weighted by molar-refractivity contribution is 0.0755. The summed E-state index contributed by atoms with van der Waals surface area (Å²) in [4.78, 5) is 0. The molecule has 0 aromatic carbocycles. The van der Waals surface area contributed by atoms with E-state index in [-0.39, 0.29) is 5.41 Å². The van der Waals surface area contributed by atoms with Crippen molar-refractivity contribution in [3.05, 3.63) is 17.0 Å². The summed E-state index contributed by atoms with van der Waals surface area (Å²) >= 11 is 0. The lowest BCUT2D eigenvalue weighted by atomic mass is 9.96. The van der Waals surface area contributed by atoms with Gasteiger partial charge in [-0.15, -0.1) is 5.73 Å². The van der Waals surface area contributed by atoms with Crippen LogP contribution in [0.2, 0.25) is 0 Å². The normalized spacial score (nSPS) is 12.2. The van der Waals surface area contributed by atoms with Crippen LogP contribution in [0.3, 0.4) is 0 Å². The van der Waals surface area contributed by atoms with Crippen LogP contribution in [0.25, 0.3) is 0 Å². The molecule has 0 N–H and O–H groups in total. The Morgan fingerprint density at radius 3 is 1.61 bits per heavy atom. The molecule has 0 aromatic rings. The summed E-state index contributed by atoms with van der Waals surface area (Å²) in [6.45, 7) is 16.0. The summed E-state index contributed by atoms with van der Waals surface area (Å²) in [6.07, 6.45) is 1.90. The molecule has 0 aliphatic carbocycles. The molecule has 0 spiro atoms. The highest BCUT2D eigenvalue weighted by Gasteiger charge is 2.49. The van der Waals surface area contributed by atoms with E-state index in [1.165, 1.54) is 0 Å². The van der Waals surface area contributed by atoms with Crippen LogP contribution in [0.15, 0.2) is 17.0 Å². The molecule has 0 fully saturated rings. The average Bonchev–Trinajstić information content (AvgIpc) is 2.25. The van der Waals surface area contributed by atoms with Crippen molar-refractivity contribution in [2.24, 2.45) is 5.41 Å². The van der Waals surface area contributed by atoms with Gasteiger partial charge in [-0.2, -0.15) is 0 Å². The number of rotatable bonds is 7. The molecule has 0 aliphatic heterocycles. The van der Waals surface area contributed by atoms with Crippen molar-refractivity contribution >= 4 is 8.80 Å². The van der Waals surface area contributed by atoms with Crippen LogP contribution in [0.5, 0.6) is 0 Å². The van der Waals surface area contributed by atoms with Gasteiger partial charge in [-0.05, 0) is 39.2 Å². The van der Waals surface area contributed by atoms with E-state index < -0.39 is 8.80 Å². The fourth-order valence-corrected chi connectivity index (χ4v) is 4.88. The molecule has 0 saturated heterocycles. The smallest absolute Gasteiger partial charge is 0.370 e. The maximum absolute atomic E-state index is 5.93. The fraction of sp³-hybridized carbons (Fsp3) is 0.786. The molecule has 106 valence electrons. The highest BCUT2D eigenvalue weighted by atomic mass is 28.4. The topological polar surface area (TPSA) is 27.7 Å². The van der Waals surface area contributed by atoms with Crippen molar-refractivity contribution in [1.29, 1.82) is 0 Å². The monoisotopic (exact) mass is 272 g/mol. The molecule has 0 heterocycles. The first kappa shape index (κ1) is 17.6. The maximum Gasteiger partial charge on any atom is 0.541 e. The van der Waals surface area contributed by atoms with Crippen LogP contribution in [-0.2, 0) is 13.3 Å². The van der Waals surface area contributed by atoms with E-state index in [9.17, 15) is 0 Å². The second-order valence-corrected chi connectivity index (χ2v) is 7.39. The summed E-state index contributed by atoms with van der Waals surface area (Å²) < 4.78 is 17.8. The van der Waals surface area contributed by atoms with Gasteiger partial charge in [0.05, 0.1) is 0 Å². The predicted molar refractivity (Wildman–Crippen MR) is 77.4 cm³/mol. The second kappa shape index (κ2) is 7.92. The zero-order valence-electron chi connectivity index (χ0n) is 12.9. The highest BCUT2D eigenvalue weighted by Crippen LogP contribution is 2.34. The third kappa shape index (κ3) is 4.71. The van der Waals surface area contributed by atoms with Crippen LogP contribution >= 0.6 is 0 Å². The molecular weight excluding hydrogens is 244 g/mol. The Balaban J connectivity index is 5.68. The molecule has 0 bridgehead atoms. The number of hydrogen-bond acceptors (Lipinski definition) is 3. The standard InChI is InChI=1S/C14H28O3Si/c1-8-12-13(14(5,6)7)18(15-9-2,16-10-3)17-11-4/h8H,9-11H2,1-7H3. The highest BCUT2D eigenvalue weighted by molar-refractivity contribution is 6.69. The minimum Gasteiger partial charge on any atom is -0.370 e. The molecule has 0 unspecified atom stereocenters. The van der Waals surface area contributed by atoms with Gasteiger partial charge in [-0.3, -0.25) is 0 Å². The molecule has 0 radical (unpaired) electrons. The van der Waals surface area contributed by atoms with Crippen molar-refractivity contribution in [1.82, 2.24) is 0 Å². The van der Waals surface area contributed by atoms with E-state index in [4.69, 9.17) is 13.3 Å². The van der Waals surface area contributed by atoms with Crippen LogP contribution in [0, 0.1) is 5.41 Å². The van der Waals surface area contributed by atoms with E-state index in [0.717, 1.165) is 5.20 Å². The zero-order valence-corrected chi connectivity index (χ0v) is 13.9. The second-order valence-electron chi connectivity index (χ2n) is 4.91. The van der Waals surface area contributed by atoms with E-state index in [0.29, 0.717) is 19.8 Å². The van der Waals surface area contributed by atoms with Gasteiger partial charge >= 0.3 is 8.80 Å².